The lowest BCUT2D eigenvalue weighted by atomic mass is 10.1. The first kappa shape index (κ1) is 14.8. The molecule has 122 valence electrons. The van der Waals surface area contributed by atoms with Gasteiger partial charge in [0.05, 0.1) is 18.1 Å². The van der Waals surface area contributed by atoms with Gasteiger partial charge in [-0.1, -0.05) is 6.07 Å². The third kappa shape index (κ3) is 2.88. The van der Waals surface area contributed by atoms with E-state index < -0.39 is 17.7 Å². The smallest absolute Gasteiger partial charge is 0.131 e. The van der Waals surface area contributed by atoms with Crippen LogP contribution in [0.2, 0.25) is 0 Å². The summed E-state index contributed by atoms with van der Waals surface area (Å²) in [5.74, 6) is -1.33. The Morgan fingerprint density at radius 3 is 2.87 bits per heavy atom. The first-order valence-corrected chi connectivity index (χ1v) is 8.02. The molecular formula is C17H19F2N3O. The van der Waals surface area contributed by atoms with E-state index in [1.807, 2.05) is 6.33 Å². The Kier molecular flexibility index (Phi) is 3.66. The van der Waals surface area contributed by atoms with Gasteiger partial charge < -0.3 is 9.67 Å². The predicted octanol–water partition coefficient (Wildman–Crippen LogP) is 2.59. The first-order chi connectivity index (χ1) is 11.1. The lowest BCUT2D eigenvalue weighted by molar-refractivity contribution is 0.102. The molecule has 0 saturated heterocycles. The van der Waals surface area contributed by atoms with Crippen LogP contribution >= 0.6 is 0 Å². The Bertz CT molecular complexity index is 727. The molecule has 0 unspecified atom stereocenters. The Labute approximate surface area is 133 Å². The fraction of sp³-hybridized carbons (Fsp3) is 0.471. The molecule has 1 N–H and O–H groups in total. The Morgan fingerprint density at radius 2 is 2.13 bits per heavy atom. The highest BCUT2D eigenvalue weighted by atomic mass is 19.1. The maximum Gasteiger partial charge on any atom is 0.131 e. The molecule has 0 bridgehead atoms. The Balaban J connectivity index is 1.45. The largest absolute Gasteiger partial charge is 0.387 e. The molecule has 2 heterocycles. The summed E-state index contributed by atoms with van der Waals surface area (Å²) in [6, 6.07) is 3.92. The number of hydrogen-bond donors (Lipinski definition) is 1. The van der Waals surface area contributed by atoms with Crippen LogP contribution in [0.1, 0.15) is 41.9 Å². The van der Waals surface area contributed by atoms with E-state index >= 15 is 0 Å². The molecule has 6 heteroatoms. The molecule has 23 heavy (non-hydrogen) atoms. The number of fused-ring (bicyclic) bond motifs is 1. The molecule has 1 atom stereocenters. The van der Waals surface area contributed by atoms with Crippen LogP contribution in [0.25, 0.3) is 0 Å². The second kappa shape index (κ2) is 5.69. The quantitative estimate of drug-likeness (QED) is 0.942. The van der Waals surface area contributed by atoms with Gasteiger partial charge in [0, 0.05) is 49.4 Å². The monoisotopic (exact) mass is 319 g/mol. The van der Waals surface area contributed by atoms with Crippen molar-refractivity contribution in [3.63, 3.8) is 0 Å². The topological polar surface area (TPSA) is 41.3 Å². The maximum absolute atomic E-state index is 13.8. The summed E-state index contributed by atoms with van der Waals surface area (Å²) in [5.41, 5.74) is 2.49. The summed E-state index contributed by atoms with van der Waals surface area (Å²) >= 11 is 0. The minimum atomic E-state index is -0.970. The van der Waals surface area contributed by atoms with Crippen molar-refractivity contribution < 1.29 is 13.9 Å². The first-order valence-electron chi connectivity index (χ1n) is 8.02. The molecule has 2 aromatic rings. The second-order valence-corrected chi connectivity index (χ2v) is 6.44. The van der Waals surface area contributed by atoms with Gasteiger partial charge >= 0.3 is 0 Å². The number of β-amino-alcohol motifs (C(OH)–C–C–N with tert-alkyl or cyclic N) is 1. The number of benzene rings is 1. The predicted molar refractivity (Wildman–Crippen MR) is 80.8 cm³/mol. The van der Waals surface area contributed by atoms with Crippen molar-refractivity contribution in [2.24, 2.45) is 0 Å². The van der Waals surface area contributed by atoms with Gasteiger partial charge in [-0.3, -0.25) is 4.90 Å². The summed E-state index contributed by atoms with van der Waals surface area (Å²) in [7, 11) is 0. The number of aliphatic hydroxyl groups excluding tert-OH is 1. The van der Waals surface area contributed by atoms with E-state index in [2.05, 4.69) is 14.5 Å². The van der Waals surface area contributed by atoms with Gasteiger partial charge in [0.2, 0.25) is 0 Å². The van der Waals surface area contributed by atoms with Crippen LogP contribution in [0.3, 0.4) is 0 Å². The molecule has 1 saturated carbocycles. The SMILES string of the molecule is O[C@H](CN1CCc2c(ncn2C2CC2)C1)c1ccc(F)cc1F. The van der Waals surface area contributed by atoms with E-state index in [9.17, 15) is 13.9 Å². The van der Waals surface area contributed by atoms with Crippen molar-refractivity contribution >= 4 is 0 Å². The van der Waals surface area contributed by atoms with Crippen LogP contribution in [0, 0.1) is 11.6 Å². The Hall–Kier alpha value is -1.79. The molecule has 1 aromatic heterocycles. The van der Waals surface area contributed by atoms with Crippen LogP contribution in [-0.4, -0.2) is 32.6 Å². The van der Waals surface area contributed by atoms with Gasteiger partial charge in [-0.05, 0) is 18.9 Å². The van der Waals surface area contributed by atoms with E-state index in [-0.39, 0.29) is 5.56 Å². The molecule has 4 nitrogen and oxygen atoms in total. The van der Waals surface area contributed by atoms with Gasteiger partial charge in [0.15, 0.2) is 0 Å². The van der Waals surface area contributed by atoms with Gasteiger partial charge in [0.25, 0.3) is 0 Å². The third-order valence-corrected chi connectivity index (χ3v) is 4.71. The average Bonchev–Trinajstić information content (AvgIpc) is 3.27. The van der Waals surface area contributed by atoms with Crippen LogP contribution in [0.15, 0.2) is 24.5 Å². The molecule has 1 aliphatic heterocycles. The van der Waals surface area contributed by atoms with Gasteiger partial charge in [0.1, 0.15) is 11.6 Å². The molecule has 2 aliphatic rings. The zero-order chi connectivity index (χ0) is 16.0. The summed E-state index contributed by atoms with van der Waals surface area (Å²) < 4.78 is 29.0. The van der Waals surface area contributed by atoms with Crippen molar-refractivity contribution in [1.82, 2.24) is 14.5 Å². The van der Waals surface area contributed by atoms with Crippen molar-refractivity contribution in [2.75, 3.05) is 13.1 Å². The fourth-order valence-electron chi connectivity index (χ4n) is 3.32. The molecule has 1 aliphatic carbocycles. The summed E-state index contributed by atoms with van der Waals surface area (Å²) in [5, 5.41) is 10.3. The number of rotatable bonds is 4. The number of aromatic nitrogens is 2. The van der Waals surface area contributed by atoms with E-state index in [0.29, 0.717) is 19.1 Å². The van der Waals surface area contributed by atoms with Gasteiger partial charge in [-0.15, -0.1) is 0 Å². The Morgan fingerprint density at radius 1 is 1.30 bits per heavy atom. The number of imidazole rings is 1. The normalized spacial score (nSPS) is 19.6. The highest BCUT2D eigenvalue weighted by molar-refractivity contribution is 5.22. The summed E-state index contributed by atoms with van der Waals surface area (Å²) in [4.78, 5) is 6.56. The average molecular weight is 319 g/mol. The highest BCUT2D eigenvalue weighted by Gasteiger charge is 2.30. The molecule has 0 spiro atoms. The van der Waals surface area contributed by atoms with Crippen LogP contribution < -0.4 is 0 Å². The van der Waals surface area contributed by atoms with E-state index in [0.717, 1.165) is 24.7 Å². The molecule has 1 fully saturated rings. The second-order valence-electron chi connectivity index (χ2n) is 6.44. The molecular weight excluding hydrogens is 300 g/mol. The van der Waals surface area contributed by atoms with Crippen molar-refractivity contribution in [2.45, 2.75) is 38.0 Å². The highest BCUT2D eigenvalue weighted by Crippen LogP contribution is 2.37. The van der Waals surface area contributed by atoms with E-state index in [4.69, 9.17) is 0 Å². The third-order valence-electron chi connectivity index (χ3n) is 4.71. The van der Waals surface area contributed by atoms with Crippen molar-refractivity contribution in [3.8, 4) is 0 Å². The van der Waals surface area contributed by atoms with E-state index in [1.54, 1.807) is 0 Å². The minimum absolute atomic E-state index is 0.140. The zero-order valence-electron chi connectivity index (χ0n) is 12.8. The van der Waals surface area contributed by atoms with E-state index in [1.165, 1.54) is 30.7 Å². The summed E-state index contributed by atoms with van der Waals surface area (Å²) in [6.45, 7) is 1.79. The summed E-state index contributed by atoms with van der Waals surface area (Å²) in [6.07, 6.45) is 4.30. The lowest BCUT2D eigenvalue weighted by Gasteiger charge is -2.29. The zero-order valence-corrected chi connectivity index (χ0v) is 12.8. The van der Waals surface area contributed by atoms with Crippen LogP contribution in [0.5, 0.6) is 0 Å². The minimum Gasteiger partial charge on any atom is -0.387 e. The molecule has 0 amide bonds. The lowest BCUT2D eigenvalue weighted by Crippen LogP contribution is -2.34. The standard InChI is InChI=1S/C17H19F2N3O/c18-11-1-4-13(14(19)7-11)17(23)9-21-6-5-16-15(8-21)20-10-22(16)12-2-3-12/h1,4,7,10,12,17,23H,2-3,5-6,8-9H2/t17-/m1/s1. The number of hydrogen-bond acceptors (Lipinski definition) is 3. The number of nitrogens with zero attached hydrogens (tertiary/aromatic N) is 3. The van der Waals surface area contributed by atoms with Gasteiger partial charge in [-0.25, -0.2) is 13.8 Å². The van der Waals surface area contributed by atoms with Crippen LogP contribution in [0.4, 0.5) is 8.78 Å². The van der Waals surface area contributed by atoms with Crippen LogP contribution in [-0.2, 0) is 13.0 Å². The maximum atomic E-state index is 13.8. The molecule has 0 radical (unpaired) electrons. The number of aliphatic hydroxyl groups is 1. The van der Waals surface area contributed by atoms with Crippen molar-refractivity contribution in [1.29, 1.82) is 0 Å². The molecule has 4 rings (SSSR count). The van der Waals surface area contributed by atoms with Crippen molar-refractivity contribution in [3.05, 3.63) is 53.1 Å². The molecule has 1 aromatic carbocycles. The van der Waals surface area contributed by atoms with Gasteiger partial charge in [-0.2, -0.15) is 0 Å². The number of halogens is 2. The fourth-order valence-corrected chi connectivity index (χ4v) is 3.32.